The molecular weight excluding hydrogens is 182 g/mol. The molecule has 1 atom stereocenters. The summed E-state index contributed by atoms with van der Waals surface area (Å²) in [7, 11) is 2.07. The fraction of sp³-hybridized carbons (Fsp3) is 0.455. The molecule has 0 N–H and O–H groups in total. The van der Waals surface area contributed by atoms with Crippen molar-refractivity contribution < 1.29 is 0 Å². The van der Waals surface area contributed by atoms with E-state index in [-0.39, 0.29) is 5.50 Å². The monoisotopic (exact) mass is 195 g/mol. The highest BCUT2D eigenvalue weighted by molar-refractivity contribution is 6.21. The zero-order valence-corrected chi connectivity index (χ0v) is 8.59. The molecule has 0 radical (unpaired) electrons. The quantitative estimate of drug-likeness (QED) is 0.455. The van der Waals surface area contributed by atoms with Crippen molar-refractivity contribution in [2.24, 2.45) is 0 Å². The third-order valence-electron chi connectivity index (χ3n) is 2.68. The van der Waals surface area contributed by atoms with Crippen LogP contribution in [0.25, 0.3) is 0 Å². The van der Waals surface area contributed by atoms with E-state index in [4.69, 9.17) is 11.6 Å². The number of nitrogens with zero attached hydrogens (tertiary/aromatic N) is 1. The highest BCUT2D eigenvalue weighted by atomic mass is 35.5. The number of anilines is 1. The summed E-state index contributed by atoms with van der Waals surface area (Å²) >= 11 is 6.23. The standard InChI is InChI=1S/C11H14ClN/c1-13-10-7-3-2-5-9(10)6-4-8-11(13)12/h2-3,5,7,11H,4,6,8H2,1H3/t11-/m0/s1. The van der Waals surface area contributed by atoms with E-state index >= 15 is 0 Å². The Bertz CT molecular complexity index is 298. The lowest BCUT2D eigenvalue weighted by Crippen LogP contribution is -2.25. The Labute approximate surface area is 84.3 Å². The van der Waals surface area contributed by atoms with Gasteiger partial charge in [0.15, 0.2) is 0 Å². The molecule has 0 aromatic heterocycles. The molecule has 2 heteroatoms. The highest BCUT2D eigenvalue weighted by Gasteiger charge is 2.18. The topological polar surface area (TPSA) is 3.24 Å². The van der Waals surface area contributed by atoms with Crippen LogP contribution in [-0.4, -0.2) is 12.5 Å². The molecule has 1 aromatic carbocycles. The van der Waals surface area contributed by atoms with E-state index in [1.54, 1.807) is 0 Å². The number of para-hydroxylation sites is 1. The number of benzene rings is 1. The fourth-order valence-corrected chi connectivity index (χ4v) is 2.13. The molecule has 1 aliphatic rings. The molecule has 0 saturated carbocycles. The number of alkyl halides is 1. The van der Waals surface area contributed by atoms with Gasteiger partial charge in [0.25, 0.3) is 0 Å². The smallest absolute Gasteiger partial charge is 0.103 e. The Morgan fingerprint density at radius 3 is 3.00 bits per heavy atom. The van der Waals surface area contributed by atoms with Crippen molar-refractivity contribution in [3.63, 3.8) is 0 Å². The Hall–Kier alpha value is -0.690. The average molecular weight is 196 g/mol. The number of hydrogen-bond acceptors (Lipinski definition) is 1. The van der Waals surface area contributed by atoms with Crippen molar-refractivity contribution in [2.45, 2.75) is 24.8 Å². The summed E-state index contributed by atoms with van der Waals surface area (Å²) in [6.07, 6.45) is 3.42. The van der Waals surface area contributed by atoms with Gasteiger partial charge in [-0.05, 0) is 30.9 Å². The molecule has 70 valence electrons. The lowest BCUT2D eigenvalue weighted by atomic mass is 10.1. The van der Waals surface area contributed by atoms with Crippen molar-refractivity contribution >= 4 is 17.3 Å². The van der Waals surface area contributed by atoms with E-state index in [1.807, 2.05) is 0 Å². The normalized spacial score (nSPS) is 22.3. The van der Waals surface area contributed by atoms with Crippen LogP contribution in [0.15, 0.2) is 24.3 Å². The van der Waals surface area contributed by atoms with Gasteiger partial charge in [-0.2, -0.15) is 0 Å². The van der Waals surface area contributed by atoms with Gasteiger partial charge in [-0.3, -0.25) is 0 Å². The van der Waals surface area contributed by atoms with Crippen LogP contribution in [0.5, 0.6) is 0 Å². The molecule has 0 aliphatic carbocycles. The first-order valence-electron chi connectivity index (χ1n) is 4.74. The summed E-state index contributed by atoms with van der Waals surface area (Å²) in [5.74, 6) is 0. The summed E-state index contributed by atoms with van der Waals surface area (Å²) in [4.78, 5) is 2.17. The second-order valence-corrected chi connectivity index (χ2v) is 4.07. The van der Waals surface area contributed by atoms with Gasteiger partial charge in [0.05, 0.1) is 0 Å². The van der Waals surface area contributed by atoms with Crippen LogP contribution in [0, 0.1) is 0 Å². The van der Waals surface area contributed by atoms with E-state index in [0.29, 0.717) is 0 Å². The zero-order chi connectivity index (χ0) is 9.26. The summed E-state index contributed by atoms with van der Waals surface area (Å²) in [6.45, 7) is 0. The van der Waals surface area contributed by atoms with Gasteiger partial charge in [0, 0.05) is 12.7 Å². The molecular formula is C11H14ClN. The highest BCUT2D eigenvalue weighted by Crippen LogP contribution is 2.29. The van der Waals surface area contributed by atoms with Gasteiger partial charge >= 0.3 is 0 Å². The average Bonchev–Trinajstić information content (AvgIpc) is 2.29. The largest absolute Gasteiger partial charge is 0.358 e. The summed E-state index contributed by atoms with van der Waals surface area (Å²) in [6, 6.07) is 8.52. The second kappa shape index (κ2) is 3.59. The molecule has 0 saturated heterocycles. The zero-order valence-electron chi connectivity index (χ0n) is 7.83. The third-order valence-corrected chi connectivity index (χ3v) is 3.19. The number of rotatable bonds is 0. The first-order chi connectivity index (χ1) is 6.29. The number of aryl methyl sites for hydroxylation is 1. The van der Waals surface area contributed by atoms with E-state index in [1.165, 1.54) is 17.7 Å². The van der Waals surface area contributed by atoms with Gasteiger partial charge in [-0.1, -0.05) is 29.8 Å². The maximum absolute atomic E-state index is 6.23. The van der Waals surface area contributed by atoms with Gasteiger partial charge in [-0.15, -0.1) is 0 Å². The lowest BCUT2D eigenvalue weighted by Gasteiger charge is -2.24. The molecule has 0 spiro atoms. The Kier molecular flexibility index (Phi) is 2.45. The van der Waals surface area contributed by atoms with Gasteiger partial charge in [-0.25, -0.2) is 0 Å². The van der Waals surface area contributed by atoms with Crippen LogP contribution in [0.1, 0.15) is 18.4 Å². The predicted octanol–water partition coefficient (Wildman–Crippen LogP) is 3.02. The summed E-state index contributed by atoms with van der Waals surface area (Å²) in [5.41, 5.74) is 2.87. The molecule has 1 aromatic rings. The van der Waals surface area contributed by atoms with Crippen LogP contribution in [-0.2, 0) is 6.42 Å². The number of fused-ring (bicyclic) bond motifs is 1. The third kappa shape index (κ3) is 1.66. The lowest BCUT2D eigenvalue weighted by molar-refractivity contribution is 0.706. The van der Waals surface area contributed by atoms with E-state index in [0.717, 1.165) is 12.8 Å². The van der Waals surface area contributed by atoms with Crippen LogP contribution in [0.4, 0.5) is 5.69 Å². The van der Waals surface area contributed by atoms with Crippen LogP contribution >= 0.6 is 11.6 Å². The molecule has 0 amide bonds. The maximum atomic E-state index is 6.23. The summed E-state index contributed by atoms with van der Waals surface area (Å²) in [5, 5.41) is 0. The van der Waals surface area contributed by atoms with Crippen molar-refractivity contribution in [3.05, 3.63) is 29.8 Å². The van der Waals surface area contributed by atoms with Gasteiger partial charge in [0.2, 0.25) is 0 Å². The van der Waals surface area contributed by atoms with Crippen LogP contribution in [0.2, 0.25) is 0 Å². The molecule has 0 fully saturated rings. The summed E-state index contributed by atoms with van der Waals surface area (Å²) < 4.78 is 0. The molecule has 0 unspecified atom stereocenters. The van der Waals surface area contributed by atoms with Crippen molar-refractivity contribution in [2.75, 3.05) is 11.9 Å². The predicted molar refractivity (Wildman–Crippen MR) is 57.4 cm³/mol. The minimum absolute atomic E-state index is 0.156. The van der Waals surface area contributed by atoms with Crippen molar-refractivity contribution in [1.82, 2.24) is 0 Å². The van der Waals surface area contributed by atoms with E-state index in [9.17, 15) is 0 Å². The molecule has 13 heavy (non-hydrogen) atoms. The minimum atomic E-state index is 0.156. The number of hydrogen-bond donors (Lipinski definition) is 0. The van der Waals surface area contributed by atoms with E-state index in [2.05, 4.69) is 36.2 Å². The van der Waals surface area contributed by atoms with Crippen LogP contribution < -0.4 is 4.90 Å². The van der Waals surface area contributed by atoms with Gasteiger partial charge < -0.3 is 4.90 Å². The number of halogens is 1. The molecule has 1 aliphatic heterocycles. The minimum Gasteiger partial charge on any atom is -0.358 e. The molecule has 1 heterocycles. The SMILES string of the molecule is CN1c2ccccc2CCC[C@H]1Cl. The molecule has 0 bridgehead atoms. The second-order valence-electron chi connectivity index (χ2n) is 3.57. The maximum Gasteiger partial charge on any atom is 0.103 e. The van der Waals surface area contributed by atoms with Crippen LogP contribution in [0.3, 0.4) is 0 Å². The first-order valence-corrected chi connectivity index (χ1v) is 5.17. The first kappa shape index (κ1) is 8.89. The Morgan fingerprint density at radius 1 is 1.38 bits per heavy atom. The Morgan fingerprint density at radius 2 is 2.15 bits per heavy atom. The Balaban J connectivity index is 2.40. The van der Waals surface area contributed by atoms with Crippen molar-refractivity contribution in [1.29, 1.82) is 0 Å². The molecule has 1 nitrogen and oxygen atoms in total. The van der Waals surface area contributed by atoms with Crippen molar-refractivity contribution in [3.8, 4) is 0 Å². The van der Waals surface area contributed by atoms with Gasteiger partial charge in [0.1, 0.15) is 5.50 Å². The van der Waals surface area contributed by atoms with E-state index < -0.39 is 0 Å². The fourth-order valence-electron chi connectivity index (χ4n) is 1.87. The molecule has 2 rings (SSSR count).